The molecule has 6 heteroatoms. The molecule has 3 rings (SSSR count). The molecule has 0 fully saturated rings. The van der Waals surface area contributed by atoms with Gasteiger partial charge in [-0.05, 0) is 36.1 Å². The normalized spacial score (nSPS) is 11.3. The molecule has 0 aromatic heterocycles. The van der Waals surface area contributed by atoms with E-state index in [9.17, 15) is 4.79 Å². The molecule has 0 bridgehead atoms. The lowest BCUT2D eigenvalue weighted by Crippen LogP contribution is -2.31. The number of aromatic nitrogens is 1. The van der Waals surface area contributed by atoms with Crippen LogP contribution in [0.3, 0.4) is 0 Å². The van der Waals surface area contributed by atoms with Gasteiger partial charge in [0, 0.05) is 35.0 Å². The SMILES string of the molecule is CCCCNC(=O)NSc1cccc2c3cccc(CNC(C)C)c3nc-2c1. The highest BCUT2D eigenvalue weighted by Gasteiger charge is 2.14. The van der Waals surface area contributed by atoms with E-state index < -0.39 is 0 Å². The Bertz CT molecular complexity index is 912. The van der Waals surface area contributed by atoms with Crippen molar-refractivity contribution in [1.82, 2.24) is 20.3 Å². The van der Waals surface area contributed by atoms with Crippen molar-refractivity contribution in [1.29, 1.82) is 0 Å². The molecule has 28 heavy (non-hydrogen) atoms. The Labute approximate surface area is 171 Å². The second-order valence-electron chi connectivity index (χ2n) is 7.15. The summed E-state index contributed by atoms with van der Waals surface area (Å²) < 4.78 is 2.84. The number of carbonyl (C=O) groups is 1. The minimum absolute atomic E-state index is 0.163. The number of benzene rings is 1. The van der Waals surface area contributed by atoms with Crippen molar-refractivity contribution in [3.8, 4) is 11.3 Å². The topological polar surface area (TPSA) is 66.1 Å². The standard InChI is InChI=1S/C22H28N4OS/c1-4-5-12-23-22(27)26-28-17-9-7-10-18-19-11-6-8-16(14-24-15(2)3)21(19)25-20(18)13-17/h6-11,13,15,24H,4-5,12,14H2,1-3H3,(H2,23,26,27). The minimum Gasteiger partial charge on any atom is -0.337 e. The molecule has 1 aliphatic carbocycles. The highest BCUT2D eigenvalue weighted by molar-refractivity contribution is 7.98. The van der Waals surface area contributed by atoms with Gasteiger partial charge in [-0.25, -0.2) is 9.78 Å². The third-order valence-corrected chi connectivity index (χ3v) is 5.28. The predicted molar refractivity (Wildman–Crippen MR) is 118 cm³/mol. The first-order valence-corrected chi connectivity index (χ1v) is 10.7. The van der Waals surface area contributed by atoms with E-state index in [1.54, 1.807) is 0 Å². The Kier molecular flexibility index (Phi) is 7.12. The Balaban J connectivity index is 1.80. The van der Waals surface area contributed by atoms with Gasteiger partial charge >= 0.3 is 6.03 Å². The van der Waals surface area contributed by atoms with Crippen molar-refractivity contribution in [2.75, 3.05) is 6.54 Å². The minimum atomic E-state index is -0.163. The molecule has 2 amide bonds. The average Bonchev–Trinajstić information content (AvgIpc) is 2.89. The molecule has 3 N–H and O–H groups in total. The van der Waals surface area contributed by atoms with E-state index in [0.29, 0.717) is 12.6 Å². The summed E-state index contributed by atoms with van der Waals surface area (Å²) in [6.45, 7) is 7.88. The number of carbonyl (C=O) groups excluding carboxylic acids is 1. The fourth-order valence-electron chi connectivity index (χ4n) is 3.01. The number of unbranched alkanes of at least 4 members (excludes halogenated alkanes) is 1. The summed E-state index contributed by atoms with van der Waals surface area (Å²) in [5, 5.41) is 7.49. The molecular formula is C22H28N4OS. The van der Waals surface area contributed by atoms with E-state index in [1.807, 2.05) is 18.2 Å². The van der Waals surface area contributed by atoms with Crippen molar-refractivity contribution in [2.45, 2.75) is 51.1 Å². The van der Waals surface area contributed by atoms with Crippen LogP contribution in [0, 0.1) is 0 Å². The van der Waals surface area contributed by atoms with Crippen LogP contribution in [-0.2, 0) is 6.54 Å². The van der Waals surface area contributed by atoms with E-state index in [4.69, 9.17) is 4.98 Å². The van der Waals surface area contributed by atoms with Gasteiger partial charge in [-0.15, -0.1) is 0 Å². The number of amides is 2. The van der Waals surface area contributed by atoms with Crippen molar-refractivity contribution < 1.29 is 4.79 Å². The summed E-state index contributed by atoms with van der Waals surface area (Å²) in [4.78, 5) is 17.7. The molecule has 0 saturated carbocycles. The van der Waals surface area contributed by atoms with Crippen LogP contribution in [0.2, 0.25) is 0 Å². The molecule has 1 aromatic carbocycles. The number of rotatable bonds is 8. The van der Waals surface area contributed by atoms with Gasteiger partial charge in [0.05, 0.1) is 11.2 Å². The van der Waals surface area contributed by atoms with Crippen molar-refractivity contribution in [2.24, 2.45) is 0 Å². The molecule has 0 atom stereocenters. The summed E-state index contributed by atoms with van der Waals surface area (Å²) in [6, 6.07) is 14.7. The largest absolute Gasteiger partial charge is 0.337 e. The van der Waals surface area contributed by atoms with E-state index in [2.05, 4.69) is 60.4 Å². The lowest BCUT2D eigenvalue weighted by atomic mass is 10.1. The second kappa shape index (κ2) is 9.75. The molecule has 148 valence electrons. The smallest absolute Gasteiger partial charge is 0.325 e. The lowest BCUT2D eigenvalue weighted by molar-refractivity contribution is 0.246. The van der Waals surface area contributed by atoms with Gasteiger partial charge in [0.1, 0.15) is 0 Å². The summed E-state index contributed by atoms with van der Waals surface area (Å²) in [6.07, 6.45) is 2.04. The molecule has 0 saturated heterocycles. The number of hydrogen-bond donors (Lipinski definition) is 3. The monoisotopic (exact) mass is 396 g/mol. The zero-order valence-corrected chi connectivity index (χ0v) is 17.5. The van der Waals surface area contributed by atoms with E-state index in [0.717, 1.165) is 46.4 Å². The number of para-hydroxylation sites is 1. The maximum Gasteiger partial charge on any atom is 0.325 e. The van der Waals surface area contributed by atoms with Gasteiger partial charge in [-0.1, -0.05) is 57.5 Å². The second-order valence-corrected chi connectivity index (χ2v) is 8.03. The number of nitrogens with one attached hydrogen (secondary N) is 3. The zero-order valence-electron chi connectivity index (χ0n) is 16.7. The zero-order chi connectivity index (χ0) is 19.9. The summed E-state index contributed by atoms with van der Waals surface area (Å²) in [5.41, 5.74) is 4.30. The number of urea groups is 1. The highest BCUT2D eigenvalue weighted by atomic mass is 32.2. The van der Waals surface area contributed by atoms with Crippen LogP contribution < -0.4 is 15.4 Å². The molecule has 5 nitrogen and oxygen atoms in total. The van der Waals surface area contributed by atoms with Gasteiger partial charge in [-0.3, -0.25) is 4.72 Å². The first kappa shape index (κ1) is 20.4. The summed E-state index contributed by atoms with van der Waals surface area (Å²) in [7, 11) is 0. The first-order valence-electron chi connectivity index (χ1n) is 9.84. The van der Waals surface area contributed by atoms with Crippen LogP contribution in [0.15, 0.2) is 47.4 Å². The highest BCUT2D eigenvalue weighted by Crippen LogP contribution is 2.33. The fourth-order valence-corrected chi connectivity index (χ4v) is 3.61. The molecule has 1 aliphatic heterocycles. The quantitative estimate of drug-likeness (QED) is 0.372. The molecule has 1 heterocycles. The first-order chi connectivity index (χ1) is 13.6. The third-order valence-electron chi connectivity index (χ3n) is 4.50. The molecule has 0 spiro atoms. The van der Waals surface area contributed by atoms with Crippen LogP contribution in [0.5, 0.6) is 0 Å². The van der Waals surface area contributed by atoms with Gasteiger partial charge in [0.25, 0.3) is 0 Å². The summed E-state index contributed by atoms with van der Waals surface area (Å²) in [5.74, 6) is 0. The van der Waals surface area contributed by atoms with Gasteiger partial charge in [0.15, 0.2) is 0 Å². The van der Waals surface area contributed by atoms with Crippen molar-refractivity contribution in [3.63, 3.8) is 0 Å². The van der Waals surface area contributed by atoms with Crippen LogP contribution >= 0.6 is 11.9 Å². The Hall–Kier alpha value is -2.31. The Morgan fingerprint density at radius 3 is 2.79 bits per heavy atom. The Morgan fingerprint density at radius 1 is 1.18 bits per heavy atom. The Morgan fingerprint density at radius 2 is 2.00 bits per heavy atom. The molecule has 2 aliphatic rings. The number of fused-ring (bicyclic) bond motifs is 3. The molecule has 1 aromatic rings. The molecular weight excluding hydrogens is 368 g/mol. The van der Waals surface area contributed by atoms with Gasteiger partial charge < -0.3 is 10.6 Å². The van der Waals surface area contributed by atoms with Gasteiger partial charge in [-0.2, -0.15) is 0 Å². The van der Waals surface area contributed by atoms with Crippen LogP contribution in [-0.4, -0.2) is 23.6 Å². The lowest BCUT2D eigenvalue weighted by Gasteiger charge is -2.08. The predicted octanol–water partition coefficient (Wildman–Crippen LogP) is 4.94. The number of nitrogens with zero attached hydrogens (tertiary/aromatic N) is 1. The summed E-state index contributed by atoms with van der Waals surface area (Å²) >= 11 is 1.31. The average molecular weight is 397 g/mol. The van der Waals surface area contributed by atoms with E-state index >= 15 is 0 Å². The third kappa shape index (κ3) is 5.14. The molecule has 0 radical (unpaired) electrons. The van der Waals surface area contributed by atoms with Crippen LogP contribution in [0.4, 0.5) is 4.79 Å². The number of hydrogen-bond acceptors (Lipinski definition) is 4. The van der Waals surface area contributed by atoms with E-state index in [1.165, 1.54) is 17.5 Å². The van der Waals surface area contributed by atoms with E-state index in [-0.39, 0.29) is 6.03 Å². The fraction of sp³-hybridized carbons (Fsp3) is 0.364. The van der Waals surface area contributed by atoms with Crippen LogP contribution in [0.25, 0.3) is 22.2 Å². The van der Waals surface area contributed by atoms with Crippen LogP contribution in [0.1, 0.15) is 39.2 Å². The van der Waals surface area contributed by atoms with Crippen molar-refractivity contribution in [3.05, 3.63) is 48.0 Å². The maximum absolute atomic E-state index is 11.9. The van der Waals surface area contributed by atoms with Gasteiger partial charge in [0.2, 0.25) is 0 Å². The molecule has 0 unspecified atom stereocenters. The maximum atomic E-state index is 11.9. The van der Waals surface area contributed by atoms with Crippen molar-refractivity contribution >= 4 is 28.9 Å².